The van der Waals surface area contributed by atoms with Crippen LogP contribution in [0.3, 0.4) is 0 Å². The topological polar surface area (TPSA) is 138 Å². The molecule has 162 valence electrons. The van der Waals surface area contributed by atoms with Crippen molar-refractivity contribution >= 4 is 11.9 Å². The molecule has 9 nitrogen and oxygen atoms in total. The number of hydrogen-bond acceptors (Lipinski definition) is 6. The van der Waals surface area contributed by atoms with Crippen LogP contribution >= 0.6 is 0 Å². The van der Waals surface area contributed by atoms with Gasteiger partial charge in [-0.05, 0) is 41.7 Å². The van der Waals surface area contributed by atoms with Gasteiger partial charge in [0.15, 0.2) is 5.69 Å². The number of benzene rings is 2. The fraction of sp³-hybridized carbons (Fsp3) is 0.273. The van der Waals surface area contributed by atoms with Crippen LogP contribution < -0.4 is 5.32 Å². The van der Waals surface area contributed by atoms with Crippen LogP contribution in [-0.2, 0) is 11.2 Å². The minimum Gasteiger partial charge on any atom is -0.481 e. The van der Waals surface area contributed by atoms with Gasteiger partial charge in [-0.15, -0.1) is 5.10 Å². The first kappa shape index (κ1) is 22.0. The van der Waals surface area contributed by atoms with E-state index in [1.54, 1.807) is 0 Å². The van der Waals surface area contributed by atoms with Crippen molar-refractivity contribution in [2.45, 2.75) is 25.8 Å². The number of carbonyl (C=O) groups excluding carboxylic acids is 1. The molecule has 0 radical (unpaired) electrons. The normalized spacial score (nSPS) is 13.9. The molecule has 0 fully saturated rings. The van der Waals surface area contributed by atoms with E-state index >= 15 is 0 Å². The Balaban J connectivity index is 1.80. The van der Waals surface area contributed by atoms with Crippen molar-refractivity contribution in [2.75, 3.05) is 6.61 Å². The van der Waals surface area contributed by atoms with E-state index in [-0.39, 0.29) is 12.1 Å². The average molecular weight is 424 g/mol. The van der Waals surface area contributed by atoms with Crippen LogP contribution in [0.1, 0.15) is 29.4 Å². The molecule has 0 saturated carbocycles. The second-order valence-corrected chi connectivity index (χ2v) is 7.69. The Kier molecular flexibility index (Phi) is 6.66. The van der Waals surface area contributed by atoms with Gasteiger partial charge < -0.3 is 20.7 Å². The average Bonchev–Trinajstić information content (AvgIpc) is 3.21. The zero-order valence-corrected chi connectivity index (χ0v) is 17.0. The van der Waals surface area contributed by atoms with Crippen molar-refractivity contribution in [2.24, 2.45) is 5.41 Å². The fourth-order valence-corrected chi connectivity index (χ4v) is 3.30. The van der Waals surface area contributed by atoms with Gasteiger partial charge in [0.1, 0.15) is 0 Å². The number of carboxylic acid groups (broad SMARTS) is 1. The maximum absolute atomic E-state index is 12.5. The number of nitrogens with zero attached hydrogens (tertiary/aromatic N) is 3. The van der Waals surface area contributed by atoms with Crippen LogP contribution in [0.4, 0.5) is 0 Å². The van der Waals surface area contributed by atoms with Gasteiger partial charge in [0.05, 0.1) is 18.2 Å². The van der Waals surface area contributed by atoms with E-state index in [0.29, 0.717) is 11.3 Å². The molecule has 0 aliphatic heterocycles. The molecule has 0 unspecified atom stereocenters. The van der Waals surface area contributed by atoms with Crippen LogP contribution in [0.15, 0.2) is 60.8 Å². The van der Waals surface area contributed by atoms with Gasteiger partial charge in [-0.2, -0.15) is 0 Å². The van der Waals surface area contributed by atoms with Crippen molar-refractivity contribution in [3.8, 4) is 11.1 Å². The van der Waals surface area contributed by atoms with E-state index in [2.05, 4.69) is 15.6 Å². The molecule has 0 spiro atoms. The van der Waals surface area contributed by atoms with Crippen LogP contribution in [0, 0.1) is 5.41 Å². The van der Waals surface area contributed by atoms with Gasteiger partial charge >= 0.3 is 5.97 Å². The Morgan fingerprint density at radius 1 is 1.10 bits per heavy atom. The zero-order valence-electron chi connectivity index (χ0n) is 17.0. The SMILES string of the molecule is C[C@@](CO)(C[C@@H](Cc1ccc(-c2ccccc2)cc1)NC(=O)c1cn(O)nn1)C(=O)O. The highest BCUT2D eigenvalue weighted by Gasteiger charge is 2.36. The Labute approximate surface area is 178 Å². The first-order valence-electron chi connectivity index (χ1n) is 9.72. The van der Waals surface area contributed by atoms with Gasteiger partial charge in [-0.1, -0.05) is 59.4 Å². The van der Waals surface area contributed by atoms with Gasteiger partial charge in [0.25, 0.3) is 5.91 Å². The maximum atomic E-state index is 12.5. The molecule has 2 atom stereocenters. The molecule has 2 aromatic carbocycles. The van der Waals surface area contributed by atoms with Crippen molar-refractivity contribution in [1.29, 1.82) is 0 Å². The summed E-state index contributed by atoms with van der Waals surface area (Å²) < 4.78 is 0. The molecule has 0 saturated heterocycles. The molecule has 0 bridgehead atoms. The predicted molar refractivity (Wildman–Crippen MR) is 111 cm³/mol. The number of nitrogens with one attached hydrogen (secondary N) is 1. The zero-order chi connectivity index (χ0) is 22.4. The summed E-state index contributed by atoms with van der Waals surface area (Å²) in [5, 5.41) is 38.0. The lowest BCUT2D eigenvalue weighted by Crippen LogP contribution is -2.44. The van der Waals surface area contributed by atoms with E-state index in [0.717, 1.165) is 22.9 Å². The molecular weight excluding hydrogens is 400 g/mol. The van der Waals surface area contributed by atoms with Gasteiger partial charge in [0, 0.05) is 6.04 Å². The molecule has 4 N–H and O–H groups in total. The van der Waals surface area contributed by atoms with Gasteiger partial charge in [0.2, 0.25) is 0 Å². The number of aliphatic hydroxyl groups is 1. The highest BCUT2D eigenvalue weighted by Crippen LogP contribution is 2.26. The second kappa shape index (κ2) is 9.40. The summed E-state index contributed by atoms with van der Waals surface area (Å²) in [5.41, 5.74) is 1.46. The first-order chi connectivity index (χ1) is 14.8. The summed E-state index contributed by atoms with van der Waals surface area (Å²) in [6.45, 7) is 0.853. The van der Waals surface area contributed by atoms with Crippen LogP contribution in [0.2, 0.25) is 0 Å². The third-order valence-corrected chi connectivity index (χ3v) is 5.16. The number of carbonyl (C=O) groups is 2. The molecule has 0 aliphatic rings. The molecule has 3 rings (SSSR count). The maximum Gasteiger partial charge on any atom is 0.311 e. The Hall–Kier alpha value is -3.72. The summed E-state index contributed by atoms with van der Waals surface area (Å²) in [4.78, 5) is 24.6. The number of aromatic nitrogens is 3. The Morgan fingerprint density at radius 3 is 2.29 bits per heavy atom. The summed E-state index contributed by atoms with van der Waals surface area (Å²) in [5.74, 6) is -1.76. The molecular formula is C22H24N4O5. The number of carboxylic acids is 1. The van der Waals surface area contributed by atoms with E-state index in [1.165, 1.54) is 6.92 Å². The molecule has 1 heterocycles. The van der Waals surface area contributed by atoms with Crippen LogP contribution in [0.5, 0.6) is 0 Å². The molecule has 9 heteroatoms. The number of aliphatic carboxylic acids is 1. The smallest absolute Gasteiger partial charge is 0.311 e. The van der Waals surface area contributed by atoms with Gasteiger partial charge in [-0.3, -0.25) is 9.59 Å². The largest absolute Gasteiger partial charge is 0.481 e. The summed E-state index contributed by atoms with van der Waals surface area (Å²) in [6, 6.07) is 17.0. The van der Waals surface area contributed by atoms with Gasteiger partial charge in [-0.25, -0.2) is 0 Å². The Bertz CT molecular complexity index is 1040. The quantitative estimate of drug-likeness (QED) is 0.386. The number of rotatable bonds is 9. The fourth-order valence-electron chi connectivity index (χ4n) is 3.30. The molecule has 1 amide bonds. The molecule has 31 heavy (non-hydrogen) atoms. The Morgan fingerprint density at radius 2 is 1.74 bits per heavy atom. The van der Waals surface area contributed by atoms with Crippen molar-refractivity contribution in [3.63, 3.8) is 0 Å². The summed E-state index contributed by atoms with van der Waals surface area (Å²) >= 11 is 0. The summed E-state index contributed by atoms with van der Waals surface area (Å²) in [6.07, 6.45) is 1.39. The van der Waals surface area contributed by atoms with E-state index in [4.69, 9.17) is 0 Å². The minimum atomic E-state index is -1.43. The lowest BCUT2D eigenvalue weighted by atomic mass is 9.82. The first-order valence-corrected chi connectivity index (χ1v) is 9.72. The van der Waals surface area contributed by atoms with Crippen molar-refractivity contribution in [1.82, 2.24) is 20.5 Å². The second-order valence-electron chi connectivity index (χ2n) is 7.69. The van der Waals surface area contributed by atoms with Crippen LogP contribution in [-0.4, -0.2) is 55.1 Å². The third-order valence-electron chi connectivity index (χ3n) is 5.16. The van der Waals surface area contributed by atoms with E-state index in [1.807, 2.05) is 54.6 Å². The lowest BCUT2D eigenvalue weighted by molar-refractivity contribution is -0.151. The van der Waals surface area contributed by atoms with Crippen LogP contribution in [0.25, 0.3) is 11.1 Å². The van der Waals surface area contributed by atoms with E-state index in [9.17, 15) is 25.0 Å². The molecule has 1 aromatic heterocycles. The van der Waals surface area contributed by atoms with Crippen molar-refractivity contribution in [3.05, 3.63) is 72.1 Å². The lowest BCUT2D eigenvalue weighted by Gasteiger charge is -2.28. The monoisotopic (exact) mass is 424 g/mol. The minimum absolute atomic E-state index is 0.00171. The standard InChI is InChI=1S/C22H24N4O5/c1-22(14-27,21(29)30)12-18(23-20(28)19-13-26(31)25-24-19)11-15-7-9-17(10-8-15)16-5-3-2-4-6-16/h2-10,13,18,27,31H,11-12,14H2,1H3,(H,23,28)(H,29,30)/t18-,22+/m1/s1. The number of hydrogen-bond donors (Lipinski definition) is 4. The third kappa shape index (κ3) is 5.46. The summed E-state index contributed by atoms with van der Waals surface area (Å²) in [7, 11) is 0. The highest BCUT2D eigenvalue weighted by molar-refractivity contribution is 5.92. The number of amides is 1. The van der Waals surface area contributed by atoms with E-state index < -0.39 is 29.9 Å². The highest BCUT2D eigenvalue weighted by atomic mass is 16.5. The number of aliphatic hydroxyl groups excluding tert-OH is 1. The predicted octanol–water partition coefficient (Wildman–Crippen LogP) is 2.00. The molecule has 0 aliphatic carbocycles. The molecule has 3 aromatic rings. The van der Waals surface area contributed by atoms with Crippen molar-refractivity contribution < 1.29 is 25.0 Å².